The summed E-state index contributed by atoms with van der Waals surface area (Å²) >= 11 is 0. The highest BCUT2D eigenvalue weighted by Gasteiger charge is 2.11. The number of nitrogens with one attached hydrogen (secondary N) is 2. The van der Waals surface area contributed by atoms with Crippen LogP contribution in [0.3, 0.4) is 0 Å². The number of halogens is 1. The second-order valence-electron chi connectivity index (χ2n) is 5.06. The third kappa shape index (κ3) is 3.95. The van der Waals surface area contributed by atoms with Crippen LogP contribution in [0.4, 0.5) is 21.6 Å². The monoisotopic (exact) mass is 333 g/mol. The molecule has 6 nitrogen and oxygen atoms in total. The van der Waals surface area contributed by atoms with E-state index in [-0.39, 0.29) is 11.4 Å². The van der Waals surface area contributed by atoms with Crippen LogP contribution < -0.4 is 10.6 Å². The minimum absolute atomic E-state index is 0.0552. The molecule has 2 aromatic carbocycles. The number of carbonyl (C=O) groups excluding carboxylic acids is 1. The zero-order valence-electron chi connectivity index (χ0n) is 12.9. The summed E-state index contributed by atoms with van der Waals surface area (Å²) in [6, 6.07) is 17.8. The molecule has 0 spiro atoms. The van der Waals surface area contributed by atoms with E-state index in [9.17, 15) is 9.18 Å². The summed E-state index contributed by atoms with van der Waals surface area (Å²) in [6.45, 7) is 0. The van der Waals surface area contributed by atoms with Gasteiger partial charge >= 0.3 is 0 Å². The molecule has 1 heterocycles. The van der Waals surface area contributed by atoms with E-state index in [0.29, 0.717) is 17.1 Å². The number of para-hydroxylation sites is 1. The standard InChI is InChI=1S/C18H12FN5O/c19-14-6-1-2-7-15(14)22-18(25)16-8-9-17(24-23-16)21-13-5-3-4-12(10-13)11-20/h1-10H,(H,21,24)(H,22,25). The molecule has 1 aromatic heterocycles. The second-order valence-corrected chi connectivity index (χ2v) is 5.06. The normalized spacial score (nSPS) is 9.92. The van der Waals surface area contributed by atoms with Crippen molar-refractivity contribution < 1.29 is 9.18 Å². The lowest BCUT2D eigenvalue weighted by Crippen LogP contribution is -2.15. The number of nitriles is 1. The van der Waals surface area contributed by atoms with Gasteiger partial charge in [0.2, 0.25) is 0 Å². The molecule has 2 N–H and O–H groups in total. The number of aromatic nitrogens is 2. The van der Waals surface area contributed by atoms with Crippen LogP contribution in [0.5, 0.6) is 0 Å². The Balaban J connectivity index is 1.70. The van der Waals surface area contributed by atoms with E-state index in [0.717, 1.165) is 0 Å². The van der Waals surface area contributed by atoms with Crippen LogP contribution in [-0.4, -0.2) is 16.1 Å². The number of benzene rings is 2. The quantitative estimate of drug-likeness (QED) is 0.763. The molecule has 0 radical (unpaired) electrons. The van der Waals surface area contributed by atoms with Crippen LogP contribution in [0.25, 0.3) is 0 Å². The maximum Gasteiger partial charge on any atom is 0.276 e. The van der Waals surface area contributed by atoms with Crippen molar-refractivity contribution in [1.82, 2.24) is 10.2 Å². The molecule has 3 aromatic rings. The Morgan fingerprint density at radius 2 is 1.88 bits per heavy atom. The predicted octanol–water partition coefficient (Wildman–Crippen LogP) is 3.48. The Morgan fingerprint density at radius 3 is 2.60 bits per heavy atom. The molecule has 0 atom stereocenters. The Hall–Kier alpha value is -3.79. The van der Waals surface area contributed by atoms with E-state index in [1.165, 1.54) is 24.3 Å². The third-order valence-electron chi connectivity index (χ3n) is 3.28. The van der Waals surface area contributed by atoms with E-state index in [1.807, 2.05) is 6.07 Å². The van der Waals surface area contributed by atoms with Crippen molar-refractivity contribution in [3.8, 4) is 6.07 Å². The summed E-state index contributed by atoms with van der Waals surface area (Å²) in [5.74, 6) is -0.673. The number of hydrogen-bond acceptors (Lipinski definition) is 5. The van der Waals surface area contributed by atoms with Gasteiger partial charge in [-0.05, 0) is 42.5 Å². The highest BCUT2D eigenvalue weighted by atomic mass is 19.1. The van der Waals surface area contributed by atoms with Gasteiger partial charge in [0.15, 0.2) is 11.5 Å². The first-order valence-electron chi connectivity index (χ1n) is 7.32. The van der Waals surface area contributed by atoms with Crippen LogP contribution in [0.1, 0.15) is 16.1 Å². The number of rotatable bonds is 4. The Morgan fingerprint density at radius 1 is 1.04 bits per heavy atom. The van der Waals surface area contributed by atoms with Crippen LogP contribution >= 0.6 is 0 Å². The maximum absolute atomic E-state index is 13.6. The first kappa shape index (κ1) is 16.1. The molecular formula is C18H12FN5O. The van der Waals surface area contributed by atoms with Gasteiger partial charge in [-0.2, -0.15) is 5.26 Å². The minimum Gasteiger partial charge on any atom is -0.339 e. The summed E-state index contributed by atoms with van der Waals surface area (Å²) in [4.78, 5) is 12.1. The second kappa shape index (κ2) is 7.19. The van der Waals surface area contributed by atoms with Crippen LogP contribution in [0, 0.1) is 17.1 Å². The molecule has 0 aliphatic carbocycles. The van der Waals surface area contributed by atoms with Gasteiger partial charge in [-0.1, -0.05) is 18.2 Å². The zero-order chi connectivity index (χ0) is 17.6. The molecule has 0 aliphatic heterocycles. The van der Waals surface area contributed by atoms with E-state index in [2.05, 4.69) is 20.8 Å². The summed E-state index contributed by atoms with van der Waals surface area (Å²) in [5.41, 5.74) is 1.32. The van der Waals surface area contributed by atoms with Gasteiger partial charge in [-0.15, -0.1) is 10.2 Å². The molecule has 3 rings (SSSR count). The highest BCUT2D eigenvalue weighted by molar-refractivity contribution is 6.02. The minimum atomic E-state index is -0.560. The lowest BCUT2D eigenvalue weighted by molar-refractivity contribution is 0.102. The van der Waals surface area contributed by atoms with Crippen LogP contribution in [0.15, 0.2) is 60.7 Å². The number of hydrogen-bond donors (Lipinski definition) is 2. The smallest absolute Gasteiger partial charge is 0.276 e. The molecule has 0 saturated carbocycles. The lowest BCUT2D eigenvalue weighted by atomic mass is 10.2. The fourth-order valence-corrected chi connectivity index (χ4v) is 2.08. The van der Waals surface area contributed by atoms with Crippen molar-refractivity contribution in [1.29, 1.82) is 5.26 Å². The number of amides is 1. The van der Waals surface area contributed by atoms with E-state index >= 15 is 0 Å². The van der Waals surface area contributed by atoms with Gasteiger partial charge in [-0.25, -0.2) is 4.39 Å². The first-order chi connectivity index (χ1) is 12.2. The van der Waals surface area contributed by atoms with Gasteiger partial charge < -0.3 is 10.6 Å². The summed E-state index contributed by atoms with van der Waals surface area (Å²) in [5, 5.41) is 22.1. The van der Waals surface area contributed by atoms with Gasteiger partial charge in [0.05, 0.1) is 17.3 Å². The van der Waals surface area contributed by atoms with Crippen LogP contribution in [0.2, 0.25) is 0 Å². The number of anilines is 3. The van der Waals surface area contributed by atoms with Gasteiger partial charge in [0.1, 0.15) is 5.82 Å². The molecule has 25 heavy (non-hydrogen) atoms. The largest absolute Gasteiger partial charge is 0.339 e. The predicted molar refractivity (Wildman–Crippen MR) is 90.8 cm³/mol. The molecule has 122 valence electrons. The Bertz CT molecular complexity index is 950. The van der Waals surface area contributed by atoms with E-state index < -0.39 is 11.7 Å². The molecule has 0 saturated heterocycles. The van der Waals surface area contributed by atoms with Gasteiger partial charge in [0, 0.05) is 5.69 Å². The summed E-state index contributed by atoms with van der Waals surface area (Å²) in [6.07, 6.45) is 0. The average Bonchev–Trinajstić information content (AvgIpc) is 2.64. The Kier molecular flexibility index (Phi) is 4.62. The zero-order valence-corrected chi connectivity index (χ0v) is 12.9. The van der Waals surface area contributed by atoms with Crippen molar-refractivity contribution in [3.63, 3.8) is 0 Å². The number of nitrogens with zero attached hydrogens (tertiary/aromatic N) is 3. The topological polar surface area (TPSA) is 90.7 Å². The molecule has 7 heteroatoms. The van der Waals surface area contributed by atoms with Crippen molar-refractivity contribution in [2.24, 2.45) is 0 Å². The molecule has 0 unspecified atom stereocenters. The number of carbonyl (C=O) groups is 1. The van der Waals surface area contributed by atoms with Crippen molar-refractivity contribution >= 4 is 23.1 Å². The van der Waals surface area contributed by atoms with E-state index in [4.69, 9.17) is 5.26 Å². The third-order valence-corrected chi connectivity index (χ3v) is 3.28. The lowest BCUT2D eigenvalue weighted by Gasteiger charge is -2.07. The SMILES string of the molecule is N#Cc1cccc(Nc2ccc(C(=O)Nc3ccccc3F)nn2)c1. The first-order valence-corrected chi connectivity index (χ1v) is 7.32. The summed E-state index contributed by atoms with van der Waals surface area (Å²) < 4.78 is 13.6. The fourth-order valence-electron chi connectivity index (χ4n) is 2.08. The van der Waals surface area contributed by atoms with Crippen molar-refractivity contribution in [3.05, 3.63) is 77.7 Å². The van der Waals surface area contributed by atoms with Crippen LogP contribution in [-0.2, 0) is 0 Å². The van der Waals surface area contributed by atoms with Gasteiger partial charge in [-0.3, -0.25) is 4.79 Å². The van der Waals surface area contributed by atoms with Gasteiger partial charge in [0.25, 0.3) is 5.91 Å². The Labute approximate surface area is 143 Å². The average molecular weight is 333 g/mol. The fraction of sp³-hybridized carbons (Fsp3) is 0. The molecule has 0 bridgehead atoms. The molecule has 0 fully saturated rings. The molecular weight excluding hydrogens is 321 g/mol. The van der Waals surface area contributed by atoms with Crippen molar-refractivity contribution in [2.75, 3.05) is 10.6 Å². The summed E-state index contributed by atoms with van der Waals surface area (Å²) in [7, 11) is 0. The van der Waals surface area contributed by atoms with E-state index in [1.54, 1.807) is 36.4 Å². The highest BCUT2D eigenvalue weighted by Crippen LogP contribution is 2.16. The molecule has 0 aliphatic rings. The van der Waals surface area contributed by atoms with Crippen molar-refractivity contribution in [2.45, 2.75) is 0 Å². The molecule has 1 amide bonds. The maximum atomic E-state index is 13.6.